The molecule has 1 aliphatic heterocycles. The van der Waals surface area contributed by atoms with Crippen molar-refractivity contribution in [3.63, 3.8) is 0 Å². The van der Waals surface area contributed by atoms with Crippen molar-refractivity contribution < 1.29 is 17.5 Å². The van der Waals surface area contributed by atoms with Crippen LogP contribution in [0.1, 0.15) is 11.7 Å². The maximum atomic E-state index is 13.7. The molecule has 1 heterocycles. The first-order valence-electron chi connectivity index (χ1n) is 6.41. The van der Waals surface area contributed by atoms with Crippen LogP contribution in [0.5, 0.6) is 0 Å². The van der Waals surface area contributed by atoms with Crippen molar-refractivity contribution in [2.75, 3.05) is 26.7 Å². The molecule has 0 unspecified atom stereocenters. The van der Waals surface area contributed by atoms with E-state index in [1.54, 1.807) is 12.1 Å². The van der Waals surface area contributed by atoms with E-state index in [9.17, 15) is 12.8 Å². The van der Waals surface area contributed by atoms with Gasteiger partial charge < -0.3 is 10.1 Å². The molecule has 0 aromatic heterocycles. The summed E-state index contributed by atoms with van der Waals surface area (Å²) in [6, 6.07) is 4.26. The topological polar surface area (TPSA) is 79.5 Å². The SMILES string of the molecule is CNS(=O)(=O)N[C@@H]1CNCCO[C@H]1c1ccc(I)c(F)c1. The molecule has 9 heteroatoms. The van der Waals surface area contributed by atoms with E-state index in [1.165, 1.54) is 13.1 Å². The second kappa shape index (κ2) is 7.29. The van der Waals surface area contributed by atoms with E-state index < -0.39 is 22.4 Å². The maximum absolute atomic E-state index is 13.7. The summed E-state index contributed by atoms with van der Waals surface area (Å²) < 4.78 is 48.1. The molecular formula is C12H17FIN3O3S. The summed E-state index contributed by atoms with van der Waals surface area (Å²) >= 11 is 1.90. The first kappa shape index (κ1) is 17.0. The summed E-state index contributed by atoms with van der Waals surface area (Å²) in [5, 5.41) is 3.09. The van der Waals surface area contributed by atoms with Gasteiger partial charge in [-0.1, -0.05) is 6.07 Å². The summed E-state index contributed by atoms with van der Waals surface area (Å²) in [6.07, 6.45) is -0.547. The zero-order valence-corrected chi connectivity index (χ0v) is 14.4. The fourth-order valence-corrected chi connectivity index (χ4v) is 3.18. The molecular weight excluding hydrogens is 412 g/mol. The molecule has 1 saturated heterocycles. The highest BCUT2D eigenvalue weighted by atomic mass is 127. The lowest BCUT2D eigenvalue weighted by molar-refractivity contribution is 0.0490. The van der Waals surface area contributed by atoms with Crippen molar-refractivity contribution in [1.29, 1.82) is 0 Å². The van der Waals surface area contributed by atoms with Crippen molar-refractivity contribution in [2.24, 2.45) is 0 Å². The summed E-state index contributed by atoms with van der Waals surface area (Å²) in [4.78, 5) is 0. The fraction of sp³-hybridized carbons (Fsp3) is 0.500. The Balaban J connectivity index is 2.28. The number of halogens is 2. The number of hydrogen-bond donors (Lipinski definition) is 3. The minimum Gasteiger partial charge on any atom is -0.370 e. The third-order valence-electron chi connectivity index (χ3n) is 3.15. The van der Waals surface area contributed by atoms with E-state index in [0.717, 1.165) is 0 Å². The average molecular weight is 429 g/mol. The predicted molar refractivity (Wildman–Crippen MR) is 85.6 cm³/mol. The highest BCUT2D eigenvalue weighted by molar-refractivity contribution is 14.1. The number of benzene rings is 1. The lowest BCUT2D eigenvalue weighted by Crippen LogP contribution is -2.48. The molecule has 0 bridgehead atoms. The lowest BCUT2D eigenvalue weighted by Gasteiger charge is -2.25. The Hall–Kier alpha value is -0.330. The molecule has 1 fully saturated rings. The molecule has 0 radical (unpaired) electrons. The molecule has 1 aromatic rings. The van der Waals surface area contributed by atoms with Gasteiger partial charge in [-0.2, -0.15) is 13.1 Å². The summed E-state index contributed by atoms with van der Waals surface area (Å²) in [7, 11) is -2.28. The van der Waals surface area contributed by atoms with Crippen molar-refractivity contribution in [2.45, 2.75) is 12.1 Å². The molecule has 1 aliphatic rings. The Morgan fingerprint density at radius 2 is 2.24 bits per heavy atom. The highest BCUT2D eigenvalue weighted by Gasteiger charge is 2.29. The van der Waals surface area contributed by atoms with E-state index >= 15 is 0 Å². The van der Waals surface area contributed by atoms with Crippen LogP contribution in [0.4, 0.5) is 4.39 Å². The van der Waals surface area contributed by atoms with Gasteiger partial charge in [-0.3, -0.25) is 0 Å². The van der Waals surface area contributed by atoms with Gasteiger partial charge in [-0.25, -0.2) is 9.11 Å². The second-order valence-corrected chi connectivity index (χ2v) is 7.41. The number of rotatable bonds is 4. The Labute approximate surface area is 137 Å². The van der Waals surface area contributed by atoms with Crippen LogP contribution >= 0.6 is 22.6 Å². The van der Waals surface area contributed by atoms with Crippen LogP contribution in [-0.2, 0) is 14.9 Å². The van der Waals surface area contributed by atoms with E-state index in [2.05, 4.69) is 14.8 Å². The monoisotopic (exact) mass is 429 g/mol. The molecule has 0 spiro atoms. The van der Waals surface area contributed by atoms with Gasteiger partial charge in [0.25, 0.3) is 10.2 Å². The van der Waals surface area contributed by atoms with Gasteiger partial charge in [0.05, 0.1) is 12.6 Å². The van der Waals surface area contributed by atoms with Crippen LogP contribution in [0.2, 0.25) is 0 Å². The van der Waals surface area contributed by atoms with Crippen molar-refractivity contribution >= 4 is 32.8 Å². The van der Waals surface area contributed by atoms with E-state index in [-0.39, 0.29) is 5.82 Å². The highest BCUT2D eigenvalue weighted by Crippen LogP contribution is 2.25. The van der Waals surface area contributed by atoms with Crippen LogP contribution in [0.15, 0.2) is 18.2 Å². The maximum Gasteiger partial charge on any atom is 0.277 e. The molecule has 2 rings (SSSR count). The van der Waals surface area contributed by atoms with Crippen LogP contribution in [-0.4, -0.2) is 41.2 Å². The van der Waals surface area contributed by atoms with E-state index in [4.69, 9.17) is 4.74 Å². The molecule has 21 heavy (non-hydrogen) atoms. The Kier molecular flexibility index (Phi) is 5.91. The minimum atomic E-state index is -3.61. The quantitative estimate of drug-likeness (QED) is 0.610. The van der Waals surface area contributed by atoms with Gasteiger partial charge in [0.1, 0.15) is 11.9 Å². The van der Waals surface area contributed by atoms with Gasteiger partial charge in [0.2, 0.25) is 0 Å². The zero-order chi connectivity index (χ0) is 15.5. The van der Waals surface area contributed by atoms with E-state index in [0.29, 0.717) is 28.8 Å². The molecule has 3 N–H and O–H groups in total. The Morgan fingerprint density at radius 3 is 2.90 bits per heavy atom. The standard InChI is InChI=1S/C12H17FIN3O3S/c1-15-21(18,19)17-11-7-16-4-5-20-12(11)8-2-3-10(14)9(13)6-8/h2-3,6,11-12,15-17H,4-5,7H2,1H3/t11-,12+/m1/s1. The van der Waals surface area contributed by atoms with Crippen LogP contribution in [0.3, 0.4) is 0 Å². The summed E-state index contributed by atoms with van der Waals surface area (Å²) in [5.74, 6) is -0.343. The average Bonchev–Trinajstić information content (AvgIpc) is 2.67. The first-order valence-corrected chi connectivity index (χ1v) is 8.97. The summed E-state index contributed by atoms with van der Waals surface area (Å²) in [5.41, 5.74) is 0.611. The molecule has 0 amide bonds. The third kappa shape index (κ3) is 4.57. The molecule has 118 valence electrons. The fourth-order valence-electron chi connectivity index (χ4n) is 2.12. The van der Waals surface area contributed by atoms with Crippen molar-refractivity contribution in [3.05, 3.63) is 33.1 Å². The van der Waals surface area contributed by atoms with Gasteiger partial charge >= 0.3 is 0 Å². The van der Waals surface area contributed by atoms with Crippen molar-refractivity contribution in [3.8, 4) is 0 Å². The van der Waals surface area contributed by atoms with Gasteiger partial charge in [-0.05, 0) is 40.3 Å². The largest absolute Gasteiger partial charge is 0.370 e. The lowest BCUT2D eigenvalue weighted by atomic mass is 10.0. The van der Waals surface area contributed by atoms with Gasteiger partial charge in [0.15, 0.2) is 0 Å². The Bertz CT molecular complexity index is 599. The van der Waals surface area contributed by atoms with Crippen LogP contribution < -0.4 is 14.8 Å². The third-order valence-corrected chi connectivity index (χ3v) is 5.18. The predicted octanol–water partition coefficient (Wildman–Crippen LogP) is 0.514. The number of ether oxygens (including phenoxy) is 1. The van der Waals surface area contributed by atoms with Crippen LogP contribution in [0, 0.1) is 9.39 Å². The van der Waals surface area contributed by atoms with E-state index in [1.807, 2.05) is 22.6 Å². The van der Waals surface area contributed by atoms with Crippen LogP contribution in [0.25, 0.3) is 0 Å². The zero-order valence-electron chi connectivity index (χ0n) is 11.4. The summed E-state index contributed by atoms with van der Waals surface area (Å²) in [6.45, 7) is 1.44. The number of hydrogen-bond acceptors (Lipinski definition) is 4. The van der Waals surface area contributed by atoms with Crippen molar-refractivity contribution in [1.82, 2.24) is 14.8 Å². The molecule has 2 atom stereocenters. The first-order chi connectivity index (χ1) is 9.93. The molecule has 6 nitrogen and oxygen atoms in total. The number of nitrogens with one attached hydrogen (secondary N) is 3. The minimum absolute atomic E-state index is 0.343. The normalized spacial score (nSPS) is 23.8. The molecule has 0 saturated carbocycles. The molecule has 1 aromatic carbocycles. The van der Waals surface area contributed by atoms with Gasteiger partial charge in [-0.15, -0.1) is 0 Å². The second-order valence-electron chi connectivity index (χ2n) is 4.60. The van der Waals surface area contributed by atoms with Gasteiger partial charge in [0, 0.05) is 23.7 Å². The smallest absolute Gasteiger partial charge is 0.277 e. The Morgan fingerprint density at radius 1 is 1.48 bits per heavy atom. The molecule has 0 aliphatic carbocycles.